The lowest BCUT2D eigenvalue weighted by Gasteiger charge is -2.15. The van der Waals surface area contributed by atoms with Crippen LogP contribution in [0, 0.1) is 5.41 Å². The van der Waals surface area contributed by atoms with Gasteiger partial charge in [0, 0.05) is 18.9 Å². The van der Waals surface area contributed by atoms with Crippen LogP contribution in [0.15, 0.2) is 43.0 Å². The zero-order valence-electron chi connectivity index (χ0n) is 11.3. The van der Waals surface area contributed by atoms with Crippen LogP contribution >= 0.6 is 0 Å². The Kier molecular flexibility index (Phi) is 4.23. The highest BCUT2D eigenvalue weighted by Gasteiger charge is 2.50. The molecule has 0 bridgehead atoms. The van der Waals surface area contributed by atoms with E-state index in [4.69, 9.17) is 5.11 Å². The summed E-state index contributed by atoms with van der Waals surface area (Å²) < 4.78 is 0. The quantitative estimate of drug-likeness (QED) is 0.749. The number of aliphatic carboxylic acids is 1. The van der Waals surface area contributed by atoms with Gasteiger partial charge in [-0.1, -0.05) is 36.4 Å². The van der Waals surface area contributed by atoms with E-state index >= 15 is 0 Å². The lowest BCUT2D eigenvalue weighted by Crippen LogP contribution is -2.34. The Morgan fingerprint density at radius 1 is 1.35 bits per heavy atom. The van der Waals surface area contributed by atoms with E-state index in [0.717, 1.165) is 5.56 Å². The fraction of sp³-hybridized carbons (Fsp3) is 0.375. The van der Waals surface area contributed by atoms with E-state index in [1.165, 1.54) is 0 Å². The third-order valence-electron chi connectivity index (χ3n) is 3.85. The topological polar surface area (TPSA) is 66.4 Å². The van der Waals surface area contributed by atoms with Crippen molar-refractivity contribution in [3.63, 3.8) is 0 Å². The fourth-order valence-electron chi connectivity index (χ4n) is 2.19. The van der Waals surface area contributed by atoms with Crippen molar-refractivity contribution in [1.82, 2.24) is 5.32 Å². The summed E-state index contributed by atoms with van der Waals surface area (Å²) in [5, 5.41) is 11.8. The standard InChI is InChI=1S/C16H19NO3/c1-2-12(13-6-4-3-5-7-13)10-14(18)17-11-16(8-9-16)15(19)20/h2-7,12H,1,8-11H2,(H,17,18)(H,19,20). The van der Waals surface area contributed by atoms with Crippen molar-refractivity contribution in [2.45, 2.75) is 25.2 Å². The van der Waals surface area contributed by atoms with Crippen molar-refractivity contribution < 1.29 is 14.7 Å². The molecule has 0 radical (unpaired) electrons. The lowest BCUT2D eigenvalue weighted by atomic mass is 9.95. The zero-order chi connectivity index (χ0) is 14.6. The Hall–Kier alpha value is -2.10. The zero-order valence-corrected chi connectivity index (χ0v) is 11.3. The van der Waals surface area contributed by atoms with E-state index in [0.29, 0.717) is 19.3 Å². The summed E-state index contributed by atoms with van der Waals surface area (Å²) >= 11 is 0. The first-order valence-electron chi connectivity index (χ1n) is 6.75. The van der Waals surface area contributed by atoms with Gasteiger partial charge in [0.05, 0.1) is 5.41 Å². The third-order valence-corrected chi connectivity index (χ3v) is 3.85. The van der Waals surface area contributed by atoms with E-state index in [1.807, 2.05) is 30.3 Å². The molecule has 1 aromatic carbocycles. The van der Waals surface area contributed by atoms with E-state index < -0.39 is 11.4 Å². The number of allylic oxidation sites excluding steroid dienone is 1. The Morgan fingerprint density at radius 3 is 2.50 bits per heavy atom. The second-order valence-electron chi connectivity index (χ2n) is 5.32. The summed E-state index contributed by atoms with van der Waals surface area (Å²) in [7, 11) is 0. The van der Waals surface area contributed by atoms with Crippen molar-refractivity contribution in [3.8, 4) is 0 Å². The lowest BCUT2D eigenvalue weighted by molar-refractivity contribution is -0.143. The third kappa shape index (κ3) is 3.26. The highest BCUT2D eigenvalue weighted by molar-refractivity contribution is 5.81. The molecule has 0 aliphatic heterocycles. The van der Waals surface area contributed by atoms with Gasteiger partial charge in [0.15, 0.2) is 0 Å². The number of amides is 1. The number of carboxylic acid groups (broad SMARTS) is 1. The molecule has 1 aromatic rings. The molecule has 0 aromatic heterocycles. The van der Waals surface area contributed by atoms with Crippen LogP contribution in [0.4, 0.5) is 0 Å². The first-order valence-corrected chi connectivity index (χ1v) is 6.75. The summed E-state index contributed by atoms with van der Waals surface area (Å²) in [5.41, 5.74) is 0.323. The van der Waals surface area contributed by atoms with Gasteiger partial charge >= 0.3 is 5.97 Å². The van der Waals surface area contributed by atoms with Crippen molar-refractivity contribution >= 4 is 11.9 Å². The molecular formula is C16H19NO3. The van der Waals surface area contributed by atoms with Crippen molar-refractivity contribution in [2.75, 3.05) is 6.54 Å². The van der Waals surface area contributed by atoms with E-state index in [-0.39, 0.29) is 18.4 Å². The van der Waals surface area contributed by atoms with Crippen LogP contribution in [0.5, 0.6) is 0 Å². The number of nitrogens with one attached hydrogen (secondary N) is 1. The van der Waals surface area contributed by atoms with Gasteiger partial charge in [0.25, 0.3) is 0 Å². The molecule has 1 aliphatic carbocycles. The second-order valence-corrected chi connectivity index (χ2v) is 5.32. The van der Waals surface area contributed by atoms with Gasteiger partial charge in [0.1, 0.15) is 0 Å². The summed E-state index contributed by atoms with van der Waals surface area (Å²) in [4.78, 5) is 23.0. The normalized spacial score (nSPS) is 17.0. The Labute approximate surface area is 118 Å². The fourth-order valence-corrected chi connectivity index (χ4v) is 2.19. The maximum Gasteiger partial charge on any atom is 0.311 e. The molecule has 2 N–H and O–H groups in total. The van der Waals surface area contributed by atoms with Crippen LogP contribution in [-0.4, -0.2) is 23.5 Å². The Balaban J connectivity index is 1.87. The molecule has 1 saturated carbocycles. The summed E-state index contributed by atoms with van der Waals surface area (Å²) in [6.45, 7) is 3.99. The van der Waals surface area contributed by atoms with Crippen LogP contribution in [0.1, 0.15) is 30.7 Å². The average molecular weight is 273 g/mol. The van der Waals surface area contributed by atoms with Gasteiger partial charge < -0.3 is 10.4 Å². The minimum atomic E-state index is -0.818. The van der Waals surface area contributed by atoms with Crippen molar-refractivity contribution in [1.29, 1.82) is 0 Å². The van der Waals surface area contributed by atoms with Gasteiger partial charge in [-0.3, -0.25) is 9.59 Å². The number of carbonyl (C=O) groups excluding carboxylic acids is 1. The minimum Gasteiger partial charge on any atom is -0.481 e. The highest BCUT2D eigenvalue weighted by Crippen LogP contribution is 2.45. The molecule has 1 fully saturated rings. The van der Waals surface area contributed by atoms with E-state index in [9.17, 15) is 9.59 Å². The average Bonchev–Trinajstić information content (AvgIpc) is 3.25. The van der Waals surface area contributed by atoms with Gasteiger partial charge in [-0.25, -0.2) is 0 Å². The number of hydrogen-bond acceptors (Lipinski definition) is 2. The molecule has 1 amide bonds. The molecule has 20 heavy (non-hydrogen) atoms. The van der Waals surface area contributed by atoms with Crippen LogP contribution in [0.2, 0.25) is 0 Å². The number of rotatable bonds is 7. The summed E-state index contributed by atoms with van der Waals surface area (Å²) in [6.07, 6.45) is 3.33. The second kappa shape index (κ2) is 5.90. The van der Waals surface area contributed by atoms with Crippen LogP contribution < -0.4 is 5.32 Å². The molecule has 2 rings (SSSR count). The SMILES string of the molecule is C=CC(CC(=O)NCC1(C(=O)O)CC1)c1ccccc1. The van der Waals surface area contributed by atoms with Gasteiger partial charge in [-0.15, -0.1) is 6.58 Å². The smallest absolute Gasteiger partial charge is 0.311 e. The minimum absolute atomic E-state index is 0.0452. The predicted octanol–water partition coefficient (Wildman–Crippen LogP) is 2.33. The maximum absolute atomic E-state index is 11.9. The molecule has 4 heteroatoms. The summed E-state index contributed by atoms with van der Waals surface area (Å²) in [6, 6.07) is 9.69. The number of carbonyl (C=O) groups is 2. The number of hydrogen-bond donors (Lipinski definition) is 2. The molecule has 1 atom stereocenters. The first-order chi connectivity index (χ1) is 9.57. The highest BCUT2D eigenvalue weighted by atomic mass is 16.4. The molecule has 106 valence electrons. The van der Waals surface area contributed by atoms with E-state index in [2.05, 4.69) is 11.9 Å². The van der Waals surface area contributed by atoms with Crippen LogP contribution in [0.25, 0.3) is 0 Å². The molecule has 0 spiro atoms. The van der Waals surface area contributed by atoms with Crippen molar-refractivity contribution in [3.05, 3.63) is 48.6 Å². The van der Waals surface area contributed by atoms with Crippen molar-refractivity contribution in [2.24, 2.45) is 5.41 Å². The number of carboxylic acids is 1. The first kappa shape index (κ1) is 14.3. The Bertz CT molecular complexity index is 506. The van der Waals surface area contributed by atoms with Crippen LogP contribution in [0.3, 0.4) is 0 Å². The number of benzene rings is 1. The largest absolute Gasteiger partial charge is 0.481 e. The van der Waals surface area contributed by atoms with Gasteiger partial charge in [0.2, 0.25) is 5.91 Å². The molecular weight excluding hydrogens is 254 g/mol. The van der Waals surface area contributed by atoms with E-state index in [1.54, 1.807) is 6.08 Å². The predicted molar refractivity (Wildman–Crippen MR) is 76.3 cm³/mol. The molecule has 0 saturated heterocycles. The molecule has 0 heterocycles. The monoisotopic (exact) mass is 273 g/mol. The molecule has 4 nitrogen and oxygen atoms in total. The maximum atomic E-state index is 11.9. The Morgan fingerprint density at radius 2 is 2.00 bits per heavy atom. The van der Waals surface area contributed by atoms with Gasteiger partial charge in [-0.05, 0) is 18.4 Å². The van der Waals surface area contributed by atoms with Crippen LogP contribution in [-0.2, 0) is 9.59 Å². The molecule has 1 aliphatic rings. The summed E-state index contributed by atoms with van der Waals surface area (Å²) in [5.74, 6) is -0.997. The van der Waals surface area contributed by atoms with Gasteiger partial charge in [-0.2, -0.15) is 0 Å². The molecule has 1 unspecified atom stereocenters.